The number of hydrogen-bond donors (Lipinski definition) is 2. The summed E-state index contributed by atoms with van der Waals surface area (Å²) in [5.41, 5.74) is -1.74. The second-order valence-electron chi connectivity index (χ2n) is 9.20. The number of aromatic carboxylic acids is 1. The molecule has 0 saturated carbocycles. The molecule has 1 aliphatic rings. The zero-order valence-corrected chi connectivity index (χ0v) is 25.7. The number of aromatic nitrogens is 2. The van der Waals surface area contributed by atoms with Crippen LogP contribution < -0.4 is 5.32 Å². The Morgan fingerprint density at radius 3 is 2.12 bits per heavy atom. The van der Waals surface area contributed by atoms with Crippen molar-refractivity contribution in [2.45, 2.75) is 93.0 Å². The van der Waals surface area contributed by atoms with Crippen LogP contribution >= 0.6 is 0 Å². The van der Waals surface area contributed by atoms with Gasteiger partial charge in [0.2, 0.25) is 12.8 Å². The number of nitrogens with one attached hydrogen (secondary N) is 1. The standard InChI is InChI=1S/C23H28F4N4O5.2C2H6.CH2F2/c1-13(25)9-14(16(26)5-6-24)10-15(28-22(35)36-23(2,3)4)11-18(32)30-7-8-31-17(12-30)19(20(33)34)29-21(31)27;2*1-2;2-1-3/h5-6,9,15H,7-8,10-12H2,1-4H3,(H,28,35)(H,33,34);2*1-2H3;1H2/b6-5+,13-9+,16-14-;;;. The third kappa shape index (κ3) is 15.3. The van der Waals surface area contributed by atoms with E-state index in [0.717, 1.165) is 17.6 Å². The summed E-state index contributed by atoms with van der Waals surface area (Å²) in [4.78, 5) is 41.4. The van der Waals surface area contributed by atoms with Crippen LogP contribution in [0.15, 0.2) is 35.7 Å². The van der Waals surface area contributed by atoms with Gasteiger partial charge in [-0.25, -0.2) is 31.5 Å². The van der Waals surface area contributed by atoms with Crippen LogP contribution in [0.3, 0.4) is 0 Å². The Labute approximate surface area is 248 Å². The fourth-order valence-electron chi connectivity index (χ4n) is 3.59. The maximum atomic E-state index is 14.4. The molecule has 1 aromatic rings. The molecule has 2 N–H and O–H groups in total. The van der Waals surface area contributed by atoms with Crippen molar-refractivity contribution >= 4 is 18.0 Å². The Balaban J connectivity index is 0. The van der Waals surface area contributed by atoms with E-state index in [4.69, 9.17) is 4.74 Å². The summed E-state index contributed by atoms with van der Waals surface area (Å²) in [5.74, 6) is -3.94. The maximum absolute atomic E-state index is 14.4. The van der Waals surface area contributed by atoms with Crippen molar-refractivity contribution in [2.75, 3.05) is 13.5 Å². The van der Waals surface area contributed by atoms with Crippen LogP contribution in [-0.4, -0.2) is 62.6 Å². The van der Waals surface area contributed by atoms with Crippen LogP contribution in [0.1, 0.15) is 84.4 Å². The van der Waals surface area contributed by atoms with Gasteiger partial charge < -0.3 is 24.6 Å². The minimum atomic E-state index is -1.75. The molecule has 0 bridgehead atoms. The number of halogens is 6. The normalized spacial score (nSPS) is 14.0. The monoisotopic (exact) mass is 628 g/mol. The first-order valence-electron chi connectivity index (χ1n) is 13.5. The van der Waals surface area contributed by atoms with Gasteiger partial charge in [0.05, 0.1) is 24.4 Å². The highest BCUT2D eigenvalue weighted by Gasteiger charge is 2.31. The lowest BCUT2D eigenvalue weighted by Gasteiger charge is -2.30. The first kappa shape index (κ1) is 41.4. The molecule has 0 spiro atoms. The number of imidazole rings is 1. The quantitative estimate of drug-likeness (QED) is 0.232. The number of alkyl carbamates (subject to hydrolysis) is 1. The molecule has 1 aromatic heterocycles. The van der Waals surface area contributed by atoms with E-state index in [9.17, 15) is 45.8 Å². The number of fused-ring (bicyclic) bond motifs is 1. The van der Waals surface area contributed by atoms with Crippen LogP contribution in [0.4, 0.5) is 31.1 Å². The van der Waals surface area contributed by atoms with E-state index < -0.39 is 72.8 Å². The summed E-state index contributed by atoms with van der Waals surface area (Å²) in [5, 5.41) is 11.7. The van der Waals surface area contributed by atoms with Gasteiger partial charge in [0.25, 0.3) is 6.08 Å². The summed E-state index contributed by atoms with van der Waals surface area (Å²) in [7, 11) is 0. The lowest BCUT2D eigenvalue weighted by atomic mass is 10.0. The number of ether oxygens (including phenoxy) is 1. The van der Waals surface area contributed by atoms with Crippen molar-refractivity contribution in [3.8, 4) is 0 Å². The number of carbonyl (C=O) groups excluding carboxylic acids is 2. The van der Waals surface area contributed by atoms with E-state index in [0.29, 0.717) is 6.08 Å². The Bertz CT molecular complexity index is 1130. The fraction of sp³-hybridized carbons (Fsp3) is 0.571. The van der Waals surface area contributed by atoms with Crippen LogP contribution in [0.2, 0.25) is 0 Å². The first-order chi connectivity index (χ1) is 20.1. The highest BCUT2D eigenvalue weighted by Crippen LogP contribution is 2.23. The van der Waals surface area contributed by atoms with Gasteiger partial charge in [-0.1, -0.05) is 27.7 Å². The molecule has 0 saturated heterocycles. The molecule has 1 atom stereocenters. The fourth-order valence-corrected chi connectivity index (χ4v) is 3.59. The molecule has 43 heavy (non-hydrogen) atoms. The van der Waals surface area contributed by atoms with Gasteiger partial charge in [-0.05, 0) is 45.8 Å². The van der Waals surface area contributed by atoms with Crippen molar-refractivity contribution in [1.29, 1.82) is 0 Å². The summed E-state index contributed by atoms with van der Waals surface area (Å²) in [6.07, 6.45) is -1.53. The topological polar surface area (TPSA) is 114 Å². The molecule has 9 nitrogen and oxygen atoms in total. The minimum Gasteiger partial charge on any atom is -0.476 e. The van der Waals surface area contributed by atoms with E-state index in [1.807, 2.05) is 27.7 Å². The molecular formula is C28H42F6N4O5. The molecule has 2 amide bonds. The van der Waals surface area contributed by atoms with Gasteiger partial charge in [-0.15, -0.1) is 0 Å². The number of carboxylic acids is 1. The number of carboxylic acid groups (broad SMARTS) is 1. The largest absolute Gasteiger partial charge is 0.476 e. The number of carbonyl (C=O) groups is 3. The summed E-state index contributed by atoms with van der Waals surface area (Å²) in [6.45, 7) is 11.8. The van der Waals surface area contributed by atoms with Crippen molar-refractivity contribution in [1.82, 2.24) is 19.8 Å². The molecule has 246 valence electrons. The van der Waals surface area contributed by atoms with E-state index in [2.05, 4.69) is 10.3 Å². The number of nitrogens with zero attached hydrogens (tertiary/aromatic N) is 3. The SMILES string of the molecule is CC.CC.C\C(F)=C/C(CC(CC(=O)N1CCn2c(F)nc(C(=O)O)c2C1)NC(=O)OC(C)(C)C)=C(F)\C=C\F.FCF. The first-order valence-corrected chi connectivity index (χ1v) is 13.5. The van der Waals surface area contributed by atoms with Gasteiger partial charge >= 0.3 is 12.1 Å². The molecule has 2 rings (SSSR count). The van der Waals surface area contributed by atoms with Gasteiger partial charge in [-0.2, -0.15) is 9.37 Å². The zero-order chi connectivity index (χ0) is 33.9. The Kier molecular flexibility index (Phi) is 20.2. The molecule has 0 fully saturated rings. The summed E-state index contributed by atoms with van der Waals surface area (Å²) < 4.78 is 79.9. The summed E-state index contributed by atoms with van der Waals surface area (Å²) >= 11 is 0. The molecule has 15 heteroatoms. The van der Waals surface area contributed by atoms with Crippen molar-refractivity contribution in [3.05, 3.63) is 53.2 Å². The minimum absolute atomic E-state index is 0.00745. The summed E-state index contributed by atoms with van der Waals surface area (Å²) in [6, 6.07) is -1.11. The number of hydrogen-bond acceptors (Lipinski definition) is 5. The predicted octanol–water partition coefficient (Wildman–Crippen LogP) is 7.25. The second kappa shape index (κ2) is 21.0. The van der Waals surface area contributed by atoms with Crippen LogP contribution in [-0.2, 0) is 22.6 Å². The number of allylic oxidation sites excluding steroid dienone is 4. The highest BCUT2D eigenvalue weighted by molar-refractivity contribution is 5.87. The highest BCUT2D eigenvalue weighted by atomic mass is 19.3. The maximum Gasteiger partial charge on any atom is 0.407 e. The molecular weight excluding hydrogens is 586 g/mol. The van der Waals surface area contributed by atoms with Crippen LogP contribution in [0.25, 0.3) is 0 Å². The average Bonchev–Trinajstić information content (AvgIpc) is 3.25. The second-order valence-corrected chi connectivity index (χ2v) is 9.20. The van der Waals surface area contributed by atoms with E-state index in [-0.39, 0.29) is 37.2 Å². The van der Waals surface area contributed by atoms with Crippen LogP contribution in [0.5, 0.6) is 0 Å². The van der Waals surface area contributed by atoms with Gasteiger partial charge in [-0.3, -0.25) is 4.79 Å². The number of alkyl halides is 2. The van der Waals surface area contributed by atoms with E-state index in [1.165, 1.54) is 4.90 Å². The molecule has 0 aliphatic carbocycles. The van der Waals surface area contributed by atoms with Crippen LogP contribution in [0, 0.1) is 6.08 Å². The number of rotatable bonds is 8. The lowest BCUT2D eigenvalue weighted by Crippen LogP contribution is -2.45. The van der Waals surface area contributed by atoms with E-state index in [1.54, 1.807) is 20.8 Å². The Morgan fingerprint density at radius 1 is 1.09 bits per heavy atom. The molecule has 0 aromatic carbocycles. The van der Waals surface area contributed by atoms with E-state index >= 15 is 0 Å². The smallest absolute Gasteiger partial charge is 0.407 e. The zero-order valence-electron chi connectivity index (χ0n) is 25.7. The molecule has 0 radical (unpaired) electrons. The third-order valence-electron chi connectivity index (χ3n) is 5.01. The Hall–Kier alpha value is -3.78. The molecule has 2 heterocycles. The predicted molar refractivity (Wildman–Crippen MR) is 150 cm³/mol. The average molecular weight is 629 g/mol. The van der Waals surface area contributed by atoms with Gasteiger partial charge in [0.15, 0.2) is 5.69 Å². The number of amides is 2. The van der Waals surface area contributed by atoms with Crippen molar-refractivity contribution in [3.63, 3.8) is 0 Å². The molecule has 1 unspecified atom stereocenters. The van der Waals surface area contributed by atoms with Gasteiger partial charge in [0, 0.05) is 31.6 Å². The van der Waals surface area contributed by atoms with Crippen molar-refractivity contribution in [2.24, 2.45) is 0 Å². The van der Waals surface area contributed by atoms with Gasteiger partial charge in [0.1, 0.15) is 11.4 Å². The van der Waals surface area contributed by atoms with Crippen molar-refractivity contribution < 1.29 is 50.6 Å². The lowest BCUT2D eigenvalue weighted by molar-refractivity contribution is -0.133. The third-order valence-corrected chi connectivity index (χ3v) is 5.01. The molecule has 1 aliphatic heterocycles. The Morgan fingerprint density at radius 2 is 1.65 bits per heavy atom.